The number of aryl methyl sites for hydroxylation is 1. The Morgan fingerprint density at radius 2 is 2.12 bits per heavy atom. The number of fused-ring (bicyclic) bond motifs is 1. The molecule has 1 heterocycles. The highest BCUT2D eigenvalue weighted by atomic mass is 32.1. The lowest BCUT2D eigenvalue weighted by Crippen LogP contribution is -2.21. The lowest BCUT2D eigenvalue weighted by Gasteiger charge is -2.06. The molecule has 0 atom stereocenters. The molecule has 0 aliphatic heterocycles. The number of thiophene rings is 1. The van der Waals surface area contributed by atoms with E-state index in [1.54, 1.807) is 25.3 Å². The average molecular weight is 252 g/mol. The standard InChI is InChI=1S/C12H16N2O2S/c1-3-9(15)14-12-10(11(16)13-2)7-5-4-6-8(7)17-12/h3-6H2,1-2H3,(H,13,16)(H,14,15). The molecule has 5 heteroatoms. The zero-order valence-electron chi connectivity index (χ0n) is 10.1. The number of carbonyl (C=O) groups is 2. The van der Waals surface area contributed by atoms with Crippen LogP contribution >= 0.6 is 11.3 Å². The molecule has 1 aliphatic rings. The van der Waals surface area contributed by atoms with Gasteiger partial charge in [-0.2, -0.15) is 0 Å². The molecular formula is C12H16N2O2S. The molecule has 2 rings (SSSR count). The van der Waals surface area contributed by atoms with Crippen molar-refractivity contribution in [2.24, 2.45) is 0 Å². The predicted molar refractivity (Wildman–Crippen MR) is 68.7 cm³/mol. The van der Waals surface area contributed by atoms with Crippen LogP contribution < -0.4 is 10.6 Å². The van der Waals surface area contributed by atoms with E-state index in [1.165, 1.54) is 4.88 Å². The van der Waals surface area contributed by atoms with Crippen molar-refractivity contribution in [3.8, 4) is 0 Å². The average Bonchev–Trinajstić information content (AvgIpc) is 2.87. The molecule has 2 N–H and O–H groups in total. The second-order valence-electron chi connectivity index (χ2n) is 4.04. The smallest absolute Gasteiger partial charge is 0.254 e. The number of amides is 2. The van der Waals surface area contributed by atoms with Crippen LogP contribution in [-0.2, 0) is 17.6 Å². The van der Waals surface area contributed by atoms with Gasteiger partial charge in [0.25, 0.3) is 5.91 Å². The van der Waals surface area contributed by atoms with Gasteiger partial charge in [-0.25, -0.2) is 0 Å². The Bertz CT molecular complexity index is 465. The summed E-state index contributed by atoms with van der Waals surface area (Å²) in [6, 6.07) is 0. The van der Waals surface area contributed by atoms with E-state index >= 15 is 0 Å². The van der Waals surface area contributed by atoms with Gasteiger partial charge in [0.15, 0.2) is 0 Å². The Balaban J connectivity index is 2.38. The maximum atomic E-state index is 11.9. The van der Waals surface area contributed by atoms with Crippen LogP contribution in [0.1, 0.15) is 40.6 Å². The van der Waals surface area contributed by atoms with Gasteiger partial charge >= 0.3 is 0 Å². The summed E-state index contributed by atoms with van der Waals surface area (Å²) in [5.74, 6) is -0.147. The first-order chi connectivity index (χ1) is 8.17. The molecule has 0 saturated carbocycles. The minimum atomic E-state index is -0.101. The third kappa shape index (κ3) is 2.20. The maximum absolute atomic E-state index is 11.9. The van der Waals surface area contributed by atoms with Crippen LogP contribution in [0.5, 0.6) is 0 Å². The van der Waals surface area contributed by atoms with Crippen LogP contribution in [0.15, 0.2) is 0 Å². The van der Waals surface area contributed by atoms with Gasteiger partial charge in [0.05, 0.1) is 5.56 Å². The van der Waals surface area contributed by atoms with Crippen LogP contribution in [0.4, 0.5) is 5.00 Å². The van der Waals surface area contributed by atoms with Crippen LogP contribution in [0, 0.1) is 0 Å². The van der Waals surface area contributed by atoms with Gasteiger partial charge in [0.1, 0.15) is 5.00 Å². The van der Waals surface area contributed by atoms with E-state index in [0.29, 0.717) is 17.0 Å². The van der Waals surface area contributed by atoms with Gasteiger partial charge in [-0.05, 0) is 24.8 Å². The lowest BCUT2D eigenvalue weighted by atomic mass is 10.1. The van der Waals surface area contributed by atoms with Crippen molar-refractivity contribution >= 4 is 28.2 Å². The number of carbonyl (C=O) groups excluding carboxylic acids is 2. The van der Waals surface area contributed by atoms with Crippen molar-refractivity contribution in [3.63, 3.8) is 0 Å². The Kier molecular flexibility index (Phi) is 3.47. The van der Waals surface area contributed by atoms with E-state index < -0.39 is 0 Å². The quantitative estimate of drug-likeness (QED) is 0.863. The highest BCUT2D eigenvalue weighted by Gasteiger charge is 2.26. The highest BCUT2D eigenvalue weighted by Crippen LogP contribution is 2.39. The zero-order chi connectivity index (χ0) is 12.4. The first-order valence-electron chi connectivity index (χ1n) is 5.83. The van der Waals surface area contributed by atoms with Crippen molar-refractivity contribution in [3.05, 3.63) is 16.0 Å². The molecule has 0 spiro atoms. The molecule has 0 radical (unpaired) electrons. The lowest BCUT2D eigenvalue weighted by molar-refractivity contribution is -0.115. The topological polar surface area (TPSA) is 58.2 Å². The normalized spacial score (nSPS) is 13.3. The van der Waals surface area contributed by atoms with E-state index in [9.17, 15) is 9.59 Å². The largest absolute Gasteiger partial charge is 0.355 e. The summed E-state index contributed by atoms with van der Waals surface area (Å²) in [5, 5.41) is 6.18. The van der Waals surface area contributed by atoms with Crippen molar-refractivity contribution in [1.82, 2.24) is 5.32 Å². The van der Waals surface area contributed by atoms with E-state index in [4.69, 9.17) is 0 Å². The minimum absolute atomic E-state index is 0.0462. The Morgan fingerprint density at radius 1 is 1.35 bits per heavy atom. The number of hydrogen-bond donors (Lipinski definition) is 2. The molecule has 0 saturated heterocycles. The number of rotatable bonds is 3. The van der Waals surface area contributed by atoms with E-state index in [1.807, 2.05) is 0 Å². The molecule has 4 nitrogen and oxygen atoms in total. The fraction of sp³-hybridized carbons (Fsp3) is 0.500. The molecule has 1 aromatic heterocycles. The molecule has 0 bridgehead atoms. The van der Waals surface area contributed by atoms with Crippen LogP contribution in [0.2, 0.25) is 0 Å². The van der Waals surface area contributed by atoms with E-state index in [2.05, 4.69) is 10.6 Å². The summed E-state index contributed by atoms with van der Waals surface area (Å²) in [6.07, 6.45) is 3.49. The second-order valence-corrected chi connectivity index (χ2v) is 5.15. The Morgan fingerprint density at radius 3 is 2.76 bits per heavy atom. The van der Waals surface area contributed by atoms with Gasteiger partial charge in [0, 0.05) is 18.3 Å². The first-order valence-corrected chi connectivity index (χ1v) is 6.65. The van der Waals surface area contributed by atoms with Crippen molar-refractivity contribution in [2.75, 3.05) is 12.4 Å². The summed E-state index contributed by atoms with van der Waals surface area (Å²) in [6.45, 7) is 1.80. The summed E-state index contributed by atoms with van der Waals surface area (Å²) in [4.78, 5) is 24.5. The van der Waals surface area contributed by atoms with Gasteiger partial charge in [-0.15, -0.1) is 11.3 Å². The zero-order valence-corrected chi connectivity index (χ0v) is 10.9. The van der Waals surface area contributed by atoms with Crippen LogP contribution in [0.3, 0.4) is 0 Å². The van der Waals surface area contributed by atoms with Crippen LogP contribution in [-0.4, -0.2) is 18.9 Å². The number of nitrogens with one attached hydrogen (secondary N) is 2. The maximum Gasteiger partial charge on any atom is 0.254 e. The molecule has 17 heavy (non-hydrogen) atoms. The van der Waals surface area contributed by atoms with Crippen LogP contribution in [0.25, 0.3) is 0 Å². The third-order valence-electron chi connectivity index (χ3n) is 2.95. The molecule has 0 unspecified atom stereocenters. The first kappa shape index (κ1) is 12.1. The molecule has 1 aromatic rings. The summed E-state index contributed by atoms with van der Waals surface area (Å²) >= 11 is 1.54. The number of hydrogen-bond acceptors (Lipinski definition) is 3. The van der Waals surface area contributed by atoms with Crippen molar-refractivity contribution in [2.45, 2.75) is 32.6 Å². The summed E-state index contributed by atoms with van der Waals surface area (Å²) in [7, 11) is 1.62. The van der Waals surface area contributed by atoms with E-state index in [0.717, 1.165) is 24.8 Å². The second kappa shape index (κ2) is 4.87. The van der Waals surface area contributed by atoms with Gasteiger partial charge in [0.2, 0.25) is 5.91 Å². The molecular weight excluding hydrogens is 236 g/mol. The molecule has 0 aromatic carbocycles. The molecule has 1 aliphatic carbocycles. The Hall–Kier alpha value is -1.36. The van der Waals surface area contributed by atoms with Crippen molar-refractivity contribution in [1.29, 1.82) is 0 Å². The SMILES string of the molecule is CCC(=O)Nc1sc2c(c1C(=O)NC)CCC2. The number of anilines is 1. The van der Waals surface area contributed by atoms with E-state index in [-0.39, 0.29) is 11.8 Å². The van der Waals surface area contributed by atoms with Gasteiger partial charge in [-0.1, -0.05) is 6.92 Å². The monoisotopic (exact) mass is 252 g/mol. The summed E-state index contributed by atoms with van der Waals surface area (Å²) < 4.78 is 0. The fourth-order valence-corrected chi connectivity index (χ4v) is 3.38. The molecule has 92 valence electrons. The molecule has 0 fully saturated rings. The third-order valence-corrected chi connectivity index (χ3v) is 4.16. The Labute approximate surface area is 104 Å². The van der Waals surface area contributed by atoms with Gasteiger partial charge < -0.3 is 10.6 Å². The predicted octanol–water partition coefficient (Wildman–Crippen LogP) is 1.94. The van der Waals surface area contributed by atoms with Crippen molar-refractivity contribution < 1.29 is 9.59 Å². The minimum Gasteiger partial charge on any atom is -0.355 e. The van der Waals surface area contributed by atoms with Gasteiger partial charge in [-0.3, -0.25) is 9.59 Å². The molecule has 2 amide bonds. The highest BCUT2D eigenvalue weighted by molar-refractivity contribution is 7.17. The summed E-state index contributed by atoms with van der Waals surface area (Å²) in [5.41, 5.74) is 1.80. The fourth-order valence-electron chi connectivity index (χ4n) is 2.07.